The molecule has 1 unspecified atom stereocenters. The minimum atomic E-state index is -0.0698. The molecule has 29 heavy (non-hydrogen) atoms. The minimum Gasteiger partial charge on any atom is -0.334 e. The highest BCUT2D eigenvalue weighted by molar-refractivity contribution is 5.92. The zero-order valence-corrected chi connectivity index (χ0v) is 18.2. The molecule has 0 radical (unpaired) electrons. The van der Waals surface area contributed by atoms with Gasteiger partial charge < -0.3 is 10.2 Å². The molecule has 7 heteroatoms. The summed E-state index contributed by atoms with van der Waals surface area (Å²) in [5.41, 5.74) is 1.81. The van der Waals surface area contributed by atoms with E-state index in [9.17, 15) is 4.79 Å². The van der Waals surface area contributed by atoms with Crippen molar-refractivity contribution in [3.63, 3.8) is 0 Å². The van der Waals surface area contributed by atoms with E-state index in [2.05, 4.69) is 53.4 Å². The van der Waals surface area contributed by atoms with Gasteiger partial charge in [0.25, 0.3) is 5.91 Å². The van der Waals surface area contributed by atoms with Gasteiger partial charge in [0.05, 0.1) is 6.04 Å². The Balaban J connectivity index is 0.00000240. The number of carbonyl (C=O) groups excluding carboxylic acids is 1. The molecule has 2 aromatic rings. The summed E-state index contributed by atoms with van der Waals surface area (Å²) >= 11 is 0. The van der Waals surface area contributed by atoms with Crippen molar-refractivity contribution in [1.29, 1.82) is 0 Å². The van der Waals surface area contributed by atoms with Crippen molar-refractivity contribution < 1.29 is 4.79 Å². The maximum Gasteiger partial charge on any atom is 0.274 e. The molecule has 3 heterocycles. The molecule has 1 aromatic carbocycles. The number of nitrogens with one attached hydrogen (secondary N) is 1. The van der Waals surface area contributed by atoms with Crippen molar-refractivity contribution in [2.24, 2.45) is 0 Å². The van der Waals surface area contributed by atoms with Gasteiger partial charge >= 0.3 is 0 Å². The van der Waals surface area contributed by atoms with Crippen LogP contribution in [0.3, 0.4) is 0 Å². The molecule has 1 amide bonds. The molecule has 2 saturated heterocycles. The first kappa shape index (κ1) is 21.8. The predicted molar refractivity (Wildman–Crippen MR) is 117 cm³/mol. The molecule has 2 aliphatic rings. The Morgan fingerprint density at radius 2 is 2.00 bits per heavy atom. The molecule has 2 fully saturated rings. The lowest BCUT2D eigenvalue weighted by atomic mass is 9.97. The second-order valence-electron chi connectivity index (χ2n) is 8.63. The van der Waals surface area contributed by atoms with Crippen LogP contribution in [0.1, 0.15) is 48.8 Å². The zero-order chi connectivity index (χ0) is 19.6. The summed E-state index contributed by atoms with van der Waals surface area (Å²) in [5, 5.41) is 8.02. The third-order valence-electron chi connectivity index (χ3n) is 6.05. The topological polar surface area (TPSA) is 53.4 Å². The molecule has 0 saturated carbocycles. The van der Waals surface area contributed by atoms with Crippen LogP contribution in [0.5, 0.6) is 0 Å². The fraction of sp³-hybridized carbons (Fsp3) is 0.545. The lowest BCUT2D eigenvalue weighted by Gasteiger charge is -2.47. The standard InChI is InChI=1S/C22H31N5O.ClH/c1-22(2)17-25(13-14-26(22)16-18-7-4-3-5-8-18)21(28)20-10-12-27(24-20)19-9-6-11-23-15-19;/h3-5,7-8,10,12,19,23H,6,9,11,13-17H2,1-2H3;1H. The van der Waals surface area contributed by atoms with Crippen LogP contribution in [-0.2, 0) is 6.54 Å². The van der Waals surface area contributed by atoms with Gasteiger partial charge in [-0.25, -0.2) is 0 Å². The first-order chi connectivity index (χ1) is 13.5. The average Bonchev–Trinajstić information content (AvgIpc) is 3.20. The maximum absolute atomic E-state index is 13.1. The lowest BCUT2D eigenvalue weighted by molar-refractivity contribution is 0.0135. The number of nitrogens with zero attached hydrogens (tertiary/aromatic N) is 4. The largest absolute Gasteiger partial charge is 0.334 e. The third kappa shape index (κ3) is 5.00. The summed E-state index contributed by atoms with van der Waals surface area (Å²) in [4.78, 5) is 17.5. The van der Waals surface area contributed by atoms with E-state index in [1.165, 1.54) is 5.56 Å². The molecule has 4 rings (SSSR count). The Hall–Kier alpha value is -1.89. The summed E-state index contributed by atoms with van der Waals surface area (Å²) in [6, 6.07) is 12.8. The Morgan fingerprint density at radius 3 is 2.69 bits per heavy atom. The lowest BCUT2D eigenvalue weighted by Crippen LogP contribution is -2.60. The van der Waals surface area contributed by atoms with Crippen molar-refractivity contribution in [3.8, 4) is 0 Å². The zero-order valence-electron chi connectivity index (χ0n) is 17.4. The molecule has 1 N–H and O–H groups in total. The van der Waals surface area contributed by atoms with Gasteiger partial charge in [-0.15, -0.1) is 12.4 Å². The van der Waals surface area contributed by atoms with Gasteiger partial charge in [-0.3, -0.25) is 14.4 Å². The number of amides is 1. The Kier molecular flexibility index (Phi) is 6.98. The van der Waals surface area contributed by atoms with Gasteiger partial charge in [0, 0.05) is 44.5 Å². The first-order valence-electron chi connectivity index (χ1n) is 10.4. The highest BCUT2D eigenvalue weighted by Gasteiger charge is 2.36. The van der Waals surface area contributed by atoms with Crippen molar-refractivity contribution in [3.05, 3.63) is 53.9 Å². The van der Waals surface area contributed by atoms with E-state index in [0.717, 1.165) is 52.1 Å². The van der Waals surface area contributed by atoms with Crippen LogP contribution in [0.25, 0.3) is 0 Å². The second-order valence-corrected chi connectivity index (χ2v) is 8.63. The van der Waals surface area contributed by atoms with Crippen molar-refractivity contribution in [1.82, 2.24) is 24.9 Å². The van der Waals surface area contributed by atoms with E-state index in [-0.39, 0.29) is 23.9 Å². The van der Waals surface area contributed by atoms with E-state index in [0.29, 0.717) is 11.7 Å². The summed E-state index contributed by atoms with van der Waals surface area (Å²) < 4.78 is 1.97. The quantitative estimate of drug-likeness (QED) is 0.830. The number of hydrogen-bond donors (Lipinski definition) is 1. The smallest absolute Gasteiger partial charge is 0.274 e. The molecule has 6 nitrogen and oxygen atoms in total. The highest BCUT2D eigenvalue weighted by atomic mass is 35.5. The number of piperazine rings is 1. The number of piperidine rings is 1. The number of halogens is 1. The molecule has 0 spiro atoms. The van der Waals surface area contributed by atoms with Crippen LogP contribution in [0.2, 0.25) is 0 Å². The van der Waals surface area contributed by atoms with Crippen LogP contribution >= 0.6 is 12.4 Å². The third-order valence-corrected chi connectivity index (χ3v) is 6.05. The van der Waals surface area contributed by atoms with Gasteiger partial charge in [-0.2, -0.15) is 5.10 Å². The number of carbonyl (C=O) groups is 1. The van der Waals surface area contributed by atoms with Crippen molar-refractivity contribution in [2.75, 3.05) is 32.7 Å². The van der Waals surface area contributed by atoms with E-state index in [4.69, 9.17) is 0 Å². The number of rotatable bonds is 4. The fourth-order valence-corrected chi connectivity index (χ4v) is 4.34. The van der Waals surface area contributed by atoms with Crippen LogP contribution in [0, 0.1) is 0 Å². The van der Waals surface area contributed by atoms with Crippen LogP contribution < -0.4 is 5.32 Å². The predicted octanol–water partition coefficient (Wildman–Crippen LogP) is 2.97. The summed E-state index contributed by atoms with van der Waals surface area (Å²) in [6.07, 6.45) is 4.24. The van der Waals surface area contributed by atoms with Crippen LogP contribution in [0.4, 0.5) is 0 Å². The maximum atomic E-state index is 13.1. The average molecular weight is 418 g/mol. The summed E-state index contributed by atoms with van der Waals surface area (Å²) in [6.45, 7) is 9.71. The molecule has 0 aliphatic carbocycles. The molecule has 158 valence electrons. The SMILES string of the molecule is CC1(C)CN(C(=O)c2ccn(C3CCCNC3)n2)CCN1Cc1ccccc1.Cl. The Labute approximate surface area is 179 Å². The van der Waals surface area contributed by atoms with Crippen molar-refractivity contribution >= 4 is 18.3 Å². The van der Waals surface area contributed by atoms with Gasteiger partial charge in [0.1, 0.15) is 5.69 Å². The molecule has 2 aliphatic heterocycles. The monoisotopic (exact) mass is 417 g/mol. The second kappa shape index (κ2) is 9.28. The van der Waals surface area contributed by atoms with E-state index in [1.54, 1.807) is 0 Å². The van der Waals surface area contributed by atoms with Crippen LogP contribution in [-0.4, -0.2) is 63.8 Å². The Morgan fingerprint density at radius 1 is 1.21 bits per heavy atom. The molecule has 1 atom stereocenters. The molecule has 1 aromatic heterocycles. The number of hydrogen-bond acceptors (Lipinski definition) is 4. The van der Waals surface area contributed by atoms with E-state index < -0.39 is 0 Å². The molecular weight excluding hydrogens is 386 g/mol. The van der Waals surface area contributed by atoms with Gasteiger partial charge in [-0.05, 0) is 44.9 Å². The van der Waals surface area contributed by atoms with Crippen molar-refractivity contribution in [2.45, 2.75) is 44.8 Å². The van der Waals surface area contributed by atoms with Gasteiger partial charge in [0.15, 0.2) is 0 Å². The molecular formula is C22H32ClN5O. The summed E-state index contributed by atoms with van der Waals surface area (Å²) in [5.74, 6) is 0.0509. The van der Waals surface area contributed by atoms with Gasteiger partial charge in [-0.1, -0.05) is 30.3 Å². The van der Waals surface area contributed by atoms with Gasteiger partial charge in [0.2, 0.25) is 0 Å². The normalized spacial score (nSPS) is 22.1. The van der Waals surface area contributed by atoms with E-state index >= 15 is 0 Å². The Bertz CT molecular complexity index is 801. The summed E-state index contributed by atoms with van der Waals surface area (Å²) in [7, 11) is 0. The first-order valence-corrected chi connectivity index (χ1v) is 10.4. The van der Waals surface area contributed by atoms with Crippen LogP contribution in [0.15, 0.2) is 42.6 Å². The highest BCUT2D eigenvalue weighted by Crippen LogP contribution is 2.24. The number of benzene rings is 1. The minimum absolute atomic E-state index is 0. The van der Waals surface area contributed by atoms with E-state index in [1.807, 2.05) is 27.9 Å². The molecule has 0 bridgehead atoms. The number of aromatic nitrogens is 2. The fourth-order valence-electron chi connectivity index (χ4n) is 4.34.